The number of hydrogen-bond donors (Lipinski definition) is 1. The maximum Gasteiger partial charge on any atom is 0.239 e. The monoisotopic (exact) mass is 337 g/mol. The normalized spacial score (nSPS) is 19.6. The van der Waals surface area contributed by atoms with Gasteiger partial charge in [-0.05, 0) is 31.4 Å². The number of nitrogens with one attached hydrogen (secondary N) is 1. The third-order valence-corrected chi connectivity index (χ3v) is 4.87. The van der Waals surface area contributed by atoms with E-state index >= 15 is 0 Å². The summed E-state index contributed by atoms with van der Waals surface area (Å²) in [5.74, 6) is -0.00751. The quantitative estimate of drug-likeness (QED) is 0.685. The first kappa shape index (κ1) is 16.5. The van der Waals surface area contributed by atoms with Crippen molar-refractivity contribution >= 4 is 28.5 Å². The number of aryl methyl sites for hydroxylation is 1. The molecule has 0 bridgehead atoms. The Hall–Kier alpha value is -2.40. The van der Waals surface area contributed by atoms with Crippen LogP contribution in [0.1, 0.15) is 23.6 Å². The molecule has 1 amide bonds. The molecule has 4 nitrogen and oxygen atoms in total. The van der Waals surface area contributed by atoms with Crippen molar-refractivity contribution in [2.45, 2.75) is 25.5 Å². The Kier molecular flexibility index (Phi) is 5.11. The number of benzene rings is 2. The maximum atomic E-state index is 12.1. The van der Waals surface area contributed by atoms with Crippen molar-refractivity contribution < 1.29 is 4.79 Å². The van der Waals surface area contributed by atoms with Crippen molar-refractivity contribution in [3.8, 4) is 0 Å². The smallest absolute Gasteiger partial charge is 0.239 e. The van der Waals surface area contributed by atoms with Crippen LogP contribution in [0.2, 0.25) is 0 Å². The second-order valence-corrected chi connectivity index (χ2v) is 6.93. The first-order chi connectivity index (χ1) is 11.6. The minimum atomic E-state index is -0.154. The molecule has 0 aromatic heterocycles. The number of amidine groups is 1. The van der Waals surface area contributed by atoms with Gasteiger partial charge in [-0.1, -0.05) is 71.9 Å². The molecular weight excluding hydrogens is 318 g/mol. The summed E-state index contributed by atoms with van der Waals surface area (Å²) in [6, 6.07) is 18.1. The van der Waals surface area contributed by atoms with E-state index in [2.05, 4.69) is 46.7 Å². The van der Waals surface area contributed by atoms with Crippen LogP contribution in [-0.4, -0.2) is 22.0 Å². The Balaban J connectivity index is 1.67. The van der Waals surface area contributed by atoms with Crippen molar-refractivity contribution in [1.29, 1.82) is 0 Å². The van der Waals surface area contributed by atoms with Gasteiger partial charge >= 0.3 is 0 Å². The summed E-state index contributed by atoms with van der Waals surface area (Å²) < 4.78 is 0. The van der Waals surface area contributed by atoms with E-state index in [0.29, 0.717) is 11.6 Å². The number of hydrogen-bond acceptors (Lipinski definition) is 4. The summed E-state index contributed by atoms with van der Waals surface area (Å²) >= 11 is 1.44. The number of thioether (sulfide) groups is 1. The Morgan fingerprint density at radius 3 is 2.54 bits per heavy atom. The average molecular weight is 337 g/mol. The third kappa shape index (κ3) is 4.11. The Bertz CT molecular complexity index is 782. The highest BCUT2D eigenvalue weighted by Gasteiger charge is 2.30. The van der Waals surface area contributed by atoms with Crippen LogP contribution in [0.15, 0.2) is 64.8 Å². The van der Waals surface area contributed by atoms with Crippen LogP contribution in [-0.2, 0) is 11.2 Å². The minimum Gasteiger partial charge on any atom is -0.303 e. The minimum absolute atomic E-state index is 0.00751. The fourth-order valence-corrected chi connectivity index (χ4v) is 3.34. The third-order valence-electron chi connectivity index (χ3n) is 3.80. The molecule has 2 aromatic rings. The van der Waals surface area contributed by atoms with Crippen LogP contribution in [0.4, 0.5) is 0 Å². The molecule has 1 aliphatic rings. The highest BCUT2D eigenvalue weighted by Crippen LogP contribution is 2.23. The molecule has 5 heteroatoms. The lowest BCUT2D eigenvalue weighted by molar-refractivity contribution is -0.118. The molecule has 0 spiro atoms. The van der Waals surface area contributed by atoms with Crippen LogP contribution in [0.25, 0.3) is 0 Å². The molecule has 0 aliphatic carbocycles. The number of nitrogens with zero attached hydrogens (tertiary/aromatic N) is 2. The lowest BCUT2D eigenvalue weighted by Crippen LogP contribution is -2.25. The summed E-state index contributed by atoms with van der Waals surface area (Å²) in [6.45, 7) is 3.96. The molecule has 1 saturated heterocycles. The molecule has 1 heterocycles. The highest BCUT2D eigenvalue weighted by molar-refractivity contribution is 8.15. The average Bonchev–Trinajstić information content (AvgIpc) is 2.95. The molecule has 0 saturated carbocycles. The van der Waals surface area contributed by atoms with Crippen LogP contribution in [0, 0.1) is 6.92 Å². The molecule has 0 unspecified atom stereocenters. The fourth-order valence-electron chi connectivity index (χ4n) is 2.38. The Morgan fingerprint density at radius 1 is 1.12 bits per heavy atom. The van der Waals surface area contributed by atoms with E-state index in [-0.39, 0.29) is 11.2 Å². The molecule has 3 rings (SSSR count). The van der Waals surface area contributed by atoms with Gasteiger partial charge in [-0.15, -0.1) is 5.10 Å². The van der Waals surface area contributed by atoms with Gasteiger partial charge in [-0.3, -0.25) is 4.79 Å². The van der Waals surface area contributed by atoms with Gasteiger partial charge in [-0.25, -0.2) is 0 Å². The maximum absolute atomic E-state index is 12.1. The number of carbonyl (C=O) groups is 1. The van der Waals surface area contributed by atoms with Crippen LogP contribution in [0.5, 0.6) is 0 Å². The van der Waals surface area contributed by atoms with E-state index in [0.717, 1.165) is 16.8 Å². The molecule has 122 valence electrons. The molecule has 1 atom stereocenters. The van der Waals surface area contributed by atoms with Gasteiger partial charge < -0.3 is 5.32 Å². The number of carbonyl (C=O) groups excluding carboxylic acids is 1. The molecule has 1 fully saturated rings. The largest absolute Gasteiger partial charge is 0.303 e. The van der Waals surface area contributed by atoms with Gasteiger partial charge in [0.15, 0.2) is 5.17 Å². The second kappa shape index (κ2) is 7.45. The first-order valence-corrected chi connectivity index (χ1v) is 8.70. The summed E-state index contributed by atoms with van der Waals surface area (Å²) in [4.78, 5) is 12.1. The Morgan fingerprint density at radius 2 is 1.83 bits per heavy atom. The van der Waals surface area contributed by atoms with E-state index in [4.69, 9.17) is 0 Å². The summed E-state index contributed by atoms with van der Waals surface area (Å²) in [5, 5.41) is 11.6. The van der Waals surface area contributed by atoms with E-state index in [9.17, 15) is 4.79 Å². The predicted octanol–water partition coefficient (Wildman–Crippen LogP) is 3.55. The summed E-state index contributed by atoms with van der Waals surface area (Å²) in [6.07, 6.45) is 0.692. The number of amides is 1. The van der Waals surface area contributed by atoms with Crippen molar-refractivity contribution in [1.82, 2.24) is 5.32 Å². The van der Waals surface area contributed by atoms with Gasteiger partial charge in [0.2, 0.25) is 5.91 Å². The van der Waals surface area contributed by atoms with Gasteiger partial charge in [-0.2, -0.15) is 5.10 Å². The van der Waals surface area contributed by atoms with Gasteiger partial charge in [0.05, 0.1) is 11.0 Å². The molecule has 2 aromatic carbocycles. The van der Waals surface area contributed by atoms with Crippen LogP contribution >= 0.6 is 11.8 Å². The van der Waals surface area contributed by atoms with Gasteiger partial charge in [0.1, 0.15) is 0 Å². The summed E-state index contributed by atoms with van der Waals surface area (Å²) in [7, 11) is 0. The van der Waals surface area contributed by atoms with E-state index in [1.807, 2.05) is 37.3 Å². The predicted molar refractivity (Wildman–Crippen MR) is 100 cm³/mol. The fraction of sp³-hybridized carbons (Fsp3) is 0.211. The van der Waals surface area contributed by atoms with Crippen LogP contribution in [0.3, 0.4) is 0 Å². The second-order valence-electron chi connectivity index (χ2n) is 5.74. The topological polar surface area (TPSA) is 53.8 Å². The molecule has 1 aliphatic heterocycles. The molecule has 1 N–H and O–H groups in total. The van der Waals surface area contributed by atoms with Gasteiger partial charge in [0, 0.05) is 0 Å². The zero-order chi connectivity index (χ0) is 16.9. The Labute approximate surface area is 146 Å². The van der Waals surface area contributed by atoms with E-state index < -0.39 is 0 Å². The van der Waals surface area contributed by atoms with Crippen molar-refractivity contribution in [2.75, 3.05) is 0 Å². The van der Waals surface area contributed by atoms with Crippen molar-refractivity contribution in [2.24, 2.45) is 10.2 Å². The standard InChI is InChI=1S/C19H19N3OS/c1-13-8-10-15(11-9-13)12-17-18(23)20-19(24-17)22-21-14(2)16-6-4-3-5-7-16/h3-11,17H,12H2,1-2H3,(H,20,22,23)/b21-14-/t17-/m1/s1. The first-order valence-electron chi connectivity index (χ1n) is 7.82. The van der Waals surface area contributed by atoms with E-state index in [1.165, 1.54) is 17.3 Å². The van der Waals surface area contributed by atoms with Crippen molar-refractivity contribution in [3.05, 3.63) is 71.3 Å². The lowest BCUT2D eigenvalue weighted by Gasteiger charge is -2.05. The summed E-state index contributed by atoms with van der Waals surface area (Å²) in [5.41, 5.74) is 4.21. The zero-order valence-electron chi connectivity index (χ0n) is 13.7. The highest BCUT2D eigenvalue weighted by atomic mass is 32.2. The number of rotatable bonds is 4. The van der Waals surface area contributed by atoms with E-state index in [1.54, 1.807) is 0 Å². The zero-order valence-corrected chi connectivity index (χ0v) is 14.5. The van der Waals surface area contributed by atoms with Crippen LogP contribution < -0.4 is 5.32 Å². The lowest BCUT2D eigenvalue weighted by atomic mass is 10.1. The SMILES string of the molecule is C/C(=N/N=C1\NC(=O)[C@@H](Cc2ccc(C)cc2)S1)c1ccccc1. The molecule has 24 heavy (non-hydrogen) atoms. The van der Waals surface area contributed by atoms with Crippen molar-refractivity contribution in [3.63, 3.8) is 0 Å². The van der Waals surface area contributed by atoms with Gasteiger partial charge in [0.25, 0.3) is 0 Å². The molecule has 0 radical (unpaired) electrons. The molecular formula is C19H19N3OS.